The summed E-state index contributed by atoms with van der Waals surface area (Å²) in [6, 6.07) is 4.05. The fraction of sp³-hybridized carbons (Fsp3) is 0.467. The lowest BCUT2D eigenvalue weighted by Gasteiger charge is -2.24. The molecule has 2 aromatic rings. The summed E-state index contributed by atoms with van der Waals surface area (Å²) in [7, 11) is 3.62. The number of pyridine rings is 1. The Morgan fingerprint density at radius 3 is 2.82 bits per heavy atom. The van der Waals surface area contributed by atoms with Gasteiger partial charge in [-0.25, -0.2) is 4.98 Å². The van der Waals surface area contributed by atoms with Crippen molar-refractivity contribution in [1.82, 2.24) is 15.2 Å². The molecule has 1 amide bonds. The quantitative estimate of drug-likeness (QED) is 0.892. The van der Waals surface area contributed by atoms with Gasteiger partial charge in [-0.15, -0.1) is 36.2 Å². The summed E-state index contributed by atoms with van der Waals surface area (Å²) < 4.78 is 0. The van der Waals surface area contributed by atoms with Crippen LogP contribution in [0.4, 0.5) is 0 Å². The Kier molecular flexibility index (Phi) is 7.06. The zero-order valence-corrected chi connectivity index (χ0v) is 15.1. The van der Waals surface area contributed by atoms with Crippen LogP contribution in [-0.4, -0.2) is 43.0 Å². The monoisotopic (exact) mass is 361 g/mol. The average Bonchev–Trinajstić information content (AvgIpc) is 2.86. The maximum absolute atomic E-state index is 12.5. The zero-order valence-electron chi connectivity index (χ0n) is 12.7. The second-order valence-corrected chi connectivity index (χ2v) is 6.44. The molecule has 1 saturated heterocycles. The summed E-state index contributed by atoms with van der Waals surface area (Å²) in [6.07, 6.45) is 4.10. The lowest BCUT2D eigenvalue weighted by molar-refractivity contribution is 0.0830. The summed E-state index contributed by atoms with van der Waals surface area (Å²) in [6.45, 7) is 2.03. The van der Waals surface area contributed by atoms with Crippen molar-refractivity contribution in [3.05, 3.63) is 28.8 Å². The van der Waals surface area contributed by atoms with Crippen LogP contribution in [0.15, 0.2) is 18.3 Å². The van der Waals surface area contributed by atoms with E-state index < -0.39 is 0 Å². The third-order valence-corrected chi connectivity index (χ3v) is 4.93. The van der Waals surface area contributed by atoms with Crippen molar-refractivity contribution >= 4 is 52.3 Å². The zero-order chi connectivity index (χ0) is 14.1. The molecule has 122 valence electrons. The van der Waals surface area contributed by atoms with Gasteiger partial charge < -0.3 is 10.2 Å². The van der Waals surface area contributed by atoms with Gasteiger partial charge >= 0.3 is 0 Å². The van der Waals surface area contributed by atoms with E-state index in [0.29, 0.717) is 5.92 Å². The molecule has 0 aliphatic carbocycles. The molecule has 1 aliphatic heterocycles. The number of hydrogen-bond donors (Lipinski definition) is 1. The molecule has 1 aliphatic rings. The first-order chi connectivity index (χ1) is 9.68. The lowest BCUT2D eigenvalue weighted by Crippen LogP contribution is -2.30. The van der Waals surface area contributed by atoms with Gasteiger partial charge in [-0.05, 0) is 36.9 Å². The third kappa shape index (κ3) is 3.54. The van der Waals surface area contributed by atoms with E-state index in [1.54, 1.807) is 11.1 Å². The van der Waals surface area contributed by atoms with Gasteiger partial charge in [0.25, 0.3) is 5.91 Å². The molecule has 1 N–H and O–H groups in total. The number of hydrogen-bond acceptors (Lipinski definition) is 4. The molecule has 2 aromatic heterocycles. The Morgan fingerprint density at radius 1 is 1.41 bits per heavy atom. The molecular weight excluding hydrogens is 341 g/mol. The molecule has 1 unspecified atom stereocenters. The Hall–Kier alpha value is -0.880. The predicted molar refractivity (Wildman–Crippen MR) is 97.0 cm³/mol. The molecule has 1 atom stereocenters. The minimum Gasteiger partial charge on any atom is -0.344 e. The smallest absolute Gasteiger partial charge is 0.263 e. The van der Waals surface area contributed by atoms with Crippen molar-refractivity contribution in [1.29, 1.82) is 0 Å². The molecule has 3 rings (SSSR count). The first-order valence-electron chi connectivity index (χ1n) is 6.98. The van der Waals surface area contributed by atoms with Crippen molar-refractivity contribution in [2.45, 2.75) is 18.8 Å². The van der Waals surface area contributed by atoms with Gasteiger partial charge in [0.2, 0.25) is 0 Å². The number of halogens is 2. The largest absolute Gasteiger partial charge is 0.344 e. The van der Waals surface area contributed by atoms with E-state index in [2.05, 4.69) is 16.4 Å². The van der Waals surface area contributed by atoms with E-state index in [4.69, 9.17) is 0 Å². The topological polar surface area (TPSA) is 45.2 Å². The molecular formula is C15H21Cl2N3OS. The van der Waals surface area contributed by atoms with E-state index >= 15 is 0 Å². The van der Waals surface area contributed by atoms with E-state index in [0.717, 1.165) is 41.0 Å². The number of piperidine rings is 1. The molecule has 0 aromatic carbocycles. The van der Waals surface area contributed by atoms with Gasteiger partial charge in [-0.1, -0.05) is 6.07 Å². The number of amides is 1. The van der Waals surface area contributed by atoms with Crippen LogP contribution in [0.25, 0.3) is 10.2 Å². The van der Waals surface area contributed by atoms with Crippen molar-refractivity contribution in [3.63, 3.8) is 0 Å². The number of nitrogens with zero attached hydrogens (tertiary/aromatic N) is 2. The average molecular weight is 362 g/mol. The van der Waals surface area contributed by atoms with Crippen LogP contribution in [0.3, 0.4) is 0 Å². The number of aromatic nitrogens is 1. The molecule has 0 bridgehead atoms. The second-order valence-electron chi connectivity index (χ2n) is 5.44. The minimum absolute atomic E-state index is 0. The summed E-state index contributed by atoms with van der Waals surface area (Å²) in [4.78, 5) is 20.4. The van der Waals surface area contributed by atoms with Crippen LogP contribution < -0.4 is 5.32 Å². The Balaban J connectivity index is 0.00000121. The number of thiophene rings is 1. The lowest BCUT2D eigenvalue weighted by atomic mass is 9.89. The first kappa shape index (κ1) is 19.2. The number of nitrogens with one attached hydrogen (secondary N) is 1. The van der Waals surface area contributed by atoms with Crippen LogP contribution in [-0.2, 0) is 0 Å². The number of rotatable bonds is 2. The highest BCUT2D eigenvalue weighted by atomic mass is 35.5. The highest BCUT2D eigenvalue weighted by Crippen LogP contribution is 2.38. The highest BCUT2D eigenvalue weighted by Gasteiger charge is 2.27. The molecule has 0 saturated carbocycles. The van der Waals surface area contributed by atoms with Gasteiger partial charge in [0.05, 0.1) is 4.88 Å². The van der Waals surface area contributed by atoms with Crippen LogP contribution >= 0.6 is 36.2 Å². The number of carbonyl (C=O) groups is 1. The molecule has 7 heteroatoms. The van der Waals surface area contributed by atoms with Gasteiger partial charge in [0.15, 0.2) is 0 Å². The fourth-order valence-electron chi connectivity index (χ4n) is 2.82. The van der Waals surface area contributed by atoms with Crippen molar-refractivity contribution < 1.29 is 4.79 Å². The SMILES string of the molecule is CN(C)C(=O)c1sc2ncccc2c1C1CCCNC1.Cl.Cl. The summed E-state index contributed by atoms with van der Waals surface area (Å²) >= 11 is 1.52. The molecule has 3 heterocycles. The third-order valence-electron chi connectivity index (χ3n) is 3.81. The Labute approximate surface area is 147 Å². The predicted octanol–water partition coefficient (Wildman–Crippen LogP) is 3.31. The normalized spacial score (nSPS) is 17.5. The Morgan fingerprint density at radius 2 is 2.18 bits per heavy atom. The molecule has 0 spiro atoms. The van der Waals surface area contributed by atoms with Crippen molar-refractivity contribution in [2.75, 3.05) is 27.2 Å². The minimum atomic E-state index is 0. The van der Waals surface area contributed by atoms with Crippen molar-refractivity contribution in [2.24, 2.45) is 0 Å². The maximum Gasteiger partial charge on any atom is 0.263 e. The van der Waals surface area contributed by atoms with Crippen LogP contribution in [0, 0.1) is 0 Å². The van der Waals surface area contributed by atoms with E-state index in [1.165, 1.54) is 16.9 Å². The molecule has 22 heavy (non-hydrogen) atoms. The standard InChI is InChI=1S/C15H19N3OS.2ClH/c1-18(2)15(19)13-12(10-5-3-7-16-9-10)11-6-4-8-17-14(11)20-13;;/h4,6,8,10,16H,3,5,7,9H2,1-2H3;2*1H. The van der Waals surface area contributed by atoms with Crippen LogP contribution in [0.1, 0.15) is 34.0 Å². The van der Waals surface area contributed by atoms with E-state index in [1.807, 2.05) is 20.2 Å². The fourth-order valence-corrected chi connectivity index (χ4v) is 4.07. The van der Waals surface area contributed by atoms with Crippen LogP contribution in [0.5, 0.6) is 0 Å². The van der Waals surface area contributed by atoms with E-state index in [-0.39, 0.29) is 30.7 Å². The van der Waals surface area contributed by atoms with Gasteiger partial charge in [-0.2, -0.15) is 0 Å². The highest BCUT2D eigenvalue weighted by molar-refractivity contribution is 7.20. The van der Waals surface area contributed by atoms with Gasteiger partial charge in [-0.3, -0.25) is 4.79 Å². The summed E-state index contributed by atoms with van der Waals surface area (Å²) in [5.41, 5.74) is 1.20. The van der Waals surface area contributed by atoms with Gasteiger partial charge in [0.1, 0.15) is 4.83 Å². The van der Waals surface area contributed by atoms with Crippen LogP contribution in [0.2, 0.25) is 0 Å². The number of carbonyl (C=O) groups excluding carboxylic acids is 1. The summed E-state index contributed by atoms with van der Waals surface area (Å²) in [5.74, 6) is 0.508. The maximum atomic E-state index is 12.5. The van der Waals surface area contributed by atoms with E-state index in [9.17, 15) is 4.79 Å². The molecule has 0 radical (unpaired) electrons. The first-order valence-corrected chi connectivity index (χ1v) is 7.80. The number of fused-ring (bicyclic) bond motifs is 1. The van der Waals surface area contributed by atoms with Crippen molar-refractivity contribution in [3.8, 4) is 0 Å². The Bertz CT molecular complexity index is 639. The molecule has 4 nitrogen and oxygen atoms in total. The molecule has 1 fully saturated rings. The second kappa shape index (κ2) is 8.11. The summed E-state index contributed by atoms with van der Waals surface area (Å²) in [5, 5.41) is 4.59. The van der Waals surface area contributed by atoms with Gasteiger partial charge in [0, 0.05) is 32.2 Å².